The average molecular weight is 265 g/mol. The number of hydrogen-bond donors (Lipinski definition) is 2. The first kappa shape index (κ1) is 14.0. The molecule has 0 saturated heterocycles. The summed E-state index contributed by atoms with van der Waals surface area (Å²) in [5.41, 5.74) is 0.497. The summed E-state index contributed by atoms with van der Waals surface area (Å²) in [5.74, 6) is -1.06. The lowest BCUT2D eigenvalue weighted by Crippen LogP contribution is -2.31. The molecule has 7 heteroatoms. The number of thiophene rings is 1. The van der Waals surface area contributed by atoms with Gasteiger partial charge in [-0.25, -0.2) is 13.6 Å². The van der Waals surface area contributed by atoms with Crippen LogP contribution in [0.3, 0.4) is 0 Å². The molecule has 0 fully saturated rings. The highest BCUT2D eigenvalue weighted by Gasteiger charge is 2.17. The second-order valence-corrected chi connectivity index (χ2v) is 4.35. The lowest BCUT2D eigenvalue weighted by Gasteiger charge is -2.20. The molecule has 0 bridgehead atoms. The average Bonchev–Trinajstić information content (AvgIpc) is 2.65. The van der Waals surface area contributed by atoms with Crippen molar-refractivity contribution < 1.29 is 23.8 Å². The lowest BCUT2D eigenvalue weighted by molar-refractivity contribution is 0.0690. The van der Waals surface area contributed by atoms with Crippen molar-refractivity contribution in [1.82, 2.24) is 4.90 Å². The molecule has 0 aliphatic rings. The molecule has 1 heterocycles. The van der Waals surface area contributed by atoms with E-state index in [-0.39, 0.29) is 24.6 Å². The summed E-state index contributed by atoms with van der Waals surface area (Å²) >= 11 is 1.06. The van der Waals surface area contributed by atoms with E-state index in [1.807, 2.05) is 0 Å². The van der Waals surface area contributed by atoms with Crippen LogP contribution in [0.2, 0.25) is 0 Å². The Morgan fingerprint density at radius 3 is 2.76 bits per heavy atom. The van der Waals surface area contributed by atoms with Gasteiger partial charge >= 0.3 is 5.97 Å². The molecule has 4 nitrogen and oxygen atoms in total. The van der Waals surface area contributed by atoms with E-state index in [9.17, 15) is 13.6 Å². The maximum atomic E-state index is 12.3. The van der Waals surface area contributed by atoms with E-state index < -0.39 is 18.9 Å². The molecule has 0 amide bonds. The molecule has 96 valence electrons. The minimum absolute atomic E-state index is 0.0965. The largest absolute Gasteiger partial charge is 0.477 e. The van der Waals surface area contributed by atoms with Gasteiger partial charge in [0.2, 0.25) is 0 Å². The predicted molar refractivity (Wildman–Crippen MR) is 59.6 cm³/mol. The number of rotatable bonds is 7. The molecule has 1 aromatic rings. The quantitative estimate of drug-likeness (QED) is 0.784. The fraction of sp³-hybridized carbons (Fsp3) is 0.500. The number of aromatic carboxylic acids is 1. The van der Waals surface area contributed by atoms with Crippen molar-refractivity contribution in [2.75, 3.05) is 19.7 Å². The smallest absolute Gasteiger partial charge is 0.346 e. The second-order valence-electron chi connectivity index (χ2n) is 3.43. The summed E-state index contributed by atoms with van der Waals surface area (Å²) in [6.07, 6.45) is -2.51. The molecule has 17 heavy (non-hydrogen) atoms. The van der Waals surface area contributed by atoms with Gasteiger partial charge in [0, 0.05) is 13.1 Å². The Hall–Kier alpha value is -1.05. The van der Waals surface area contributed by atoms with E-state index in [4.69, 9.17) is 10.2 Å². The standard InChI is InChI=1S/C10H13F2NO3S/c11-8(12)6-13(2-3-14)5-7-1-4-17-9(7)10(15)16/h1,4,8,14H,2-3,5-6H2,(H,15,16). The van der Waals surface area contributed by atoms with Crippen LogP contribution in [-0.4, -0.2) is 47.2 Å². The molecule has 0 aliphatic carbocycles. The van der Waals surface area contributed by atoms with Crippen molar-refractivity contribution in [3.05, 3.63) is 21.9 Å². The van der Waals surface area contributed by atoms with E-state index in [0.717, 1.165) is 11.3 Å². The van der Waals surface area contributed by atoms with Crippen LogP contribution in [0.5, 0.6) is 0 Å². The maximum absolute atomic E-state index is 12.3. The molecule has 0 aliphatic heterocycles. The molecule has 0 radical (unpaired) electrons. The number of nitrogens with zero attached hydrogens (tertiary/aromatic N) is 1. The van der Waals surface area contributed by atoms with Crippen LogP contribution >= 0.6 is 11.3 Å². The maximum Gasteiger partial charge on any atom is 0.346 e. The fourth-order valence-corrected chi connectivity index (χ4v) is 2.21. The van der Waals surface area contributed by atoms with Crippen molar-refractivity contribution in [3.8, 4) is 0 Å². The Bertz CT molecular complexity index is 370. The Balaban J connectivity index is 2.71. The highest BCUT2D eigenvalue weighted by Crippen LogP contribution is 2.19. The van der Waals surface area contributed by atoms with Gasteiger partial charge in [0.15, 0.2) is 0 Å². The van der Waals surface area contributed by atoms with Gasteiger partial charge in [-0.05, 0) is 17.0 Å². The fourth-order valence-electron chi connectivity index (χ4n) is 1.46. The number of alkyl halides is 2. The van der Waals surface area contributed by atoms with Crippen LogP contribution in [0.4, 0.5) is 8.78 Å². The van der Waals surface area contributed by atoms with Gasteiger partial charge in [0.25, 0.3) is 6.43 Å². The molecule has 0 spiro atoms. The zero-order chi connectivity index (χ0) is 12.8. The van der Waals surface area contributed by atoms with Crippen LogP contribution in [0.25, 0.3) is 0 Å². The molecular formula is C10H13F2NO3S. The van der Waals surface area contributed by atoms with Crippen molar-refractivity contribution in [3.63, 3.8) is 0 Å². The number of carboxylic acids is 1. The van der Waals surface area contributed by atoms with E-state index in [0.29, 0.717) is 5.56 Å². The van der Waals surface area contributed by atoms with Gasteiger partial charge in [-0.3, -0.25) is 4.90 Å². The third-order valence-corrected chi connectivity index (χ3v) is 3.09. The molecule has 0 saturated carbocycles. The van der Waals surface area contributed by atoms with Gasteiger partial charge in [-0.1, -0.05) is 0 Å². The molecule has 0 unspecified atom stereocenters. The van der Waals surface area contributed by atoms with Gasteiger partial charge in [-0.2, -0.15) is 0 Å². The third kappa shape index (κ3) is 4.37. The Morgan fingerprint density at radius 1 is 1.53 bits per heavy atom. The molecule has 2 N–H and O–H groups in total. The molecule has 0 aromatic carbocycles. The van der Waals surface area contributed by atoms with E-state index in [1.165, 1.54) is 4.90 Å². The minimum atomic E-state index is -2.51. The lowest BCUT2D eigenvalue weighted by atomic mass is 10.2. The van der Waals surface area contributed by atoms with Crippen molar-refractivity contribution >= 4 is 17.3 Å². The number of carbonyl (C=O) groups is 1. The van der Waals surface area contributed by atoms with Gasteiger partial charge in [0.05, 0.1) is 13.2 Å². The van der Waals surface area contributed by atoms with Crippen LogP contribution in [-0.2, 0) is 6.54 Å². The first-order chi connectivity index (χ1) is 8.04. The minimum Gasteiger partial charge on any atom is -0.477 e. The molecule has 1 aromatic heterocycles. The highest BCUT2D eigenvalue weighted by atomic mass is 32.1. The SMILES string of the molecule is O=C(O)c1sccc1CN(CCO)CC(F)F. The Labute approximate surface area is 101 Å². The van der Waals surface area contributed by atoms with Crippen molar-refractivity contribution in [1.29, 1.82) is 0 Å². The van der Waals surface area contributed by atoms with Crippen LogP contribution < -0.4 is 0 Å². The number of hydrogen-bond acceptors (Lipinski definition) is 4. The van der Waals surface area contributed by atoms with Crippen LogP contribution in [0.1, 0.15) is 15.2 Å². The molecule has 1 rings (SSSR count). The first-order valence-corrected chi connectivity index (χ1v) is 5.83. The molecule has 0 atom stereocenters. The summed E-state index contributed by atoms with van der Waals surface area (Å²) in [7, 11) is 0. The van der Waals surface area contributed by atoms with Crippen LogP contribution in [0.15, 0.2) is 11.4 Å². The normalized spacial score (nSPS) is 11.4. The Morgan fingerprint density at radius 2 is 2.24 bits per heavy atom. The van der Waals surface area contributed by atoms with Crippen molar-refractivity contribution in [2.45, 2.75) is 13.0 Å². The topological polar surface area (TPSA) is 60.8 Å². The summed E-state index contributed by atoms with van der Waals surface area (Å²) in [6.45, 7) is -0.510. The van der Waals surface area contributed by atoms with Gasteiger partial charge < -0.3 is 10.2 Å². The Kier molecular flexibility index (Phi) is 5.46. The molecular weight excluding hydrogens is 252 g/mol. The number of aliphatic hydroxyl groups excluding tert-OH is 1. The van der Waals surface area contributed by atoms with Gasteiger partial charge in [-0.15, -0.1) is 11.3 Å². The van der Waals surface area contributed by atoms with E-state index in [1.54, 1.807) is 11.4 Å². The van der Waals surface area contributed by atoms with E-state index >= 15 is 0 Å². The summed E-state index contributed by atoms with van der Waals surface area (Å²) in [6, 6.07) is 1.60. The summed E-state index contributed by atoms with van der Waals surface area (Å²) < 4.78 is 24.5. The second kappa shape index (κ2) is 6.63. The van der Waals surface area contributed by atoms with Crippen LogP contribution in [0, 0.1) is 0 Å². The first-order valence-electron chi connectivity index (χ1n) is 4.95. The highest BCUT2D eigenvalue weighted by molar-refractivity contribution is 7.12. The third-order valence-electron chi connectivity index (χ3n) is 2.15. The zero-order valence-corrected chi connectivity index (χ0v) is 9.79. The van der Waals surface area contributed by atoms with Crippen molar-refractivity contribution in [2.24, 2.45) is 0 Å². The van der Waals surface area contributed by atoms with Gasteiger partial charge in [0.1, 0.15) is 4.88 Å². The number of halogens is 2. The summed E-state index contributed by atoms with van der Waals surface area (Å²) in [4.78, 5) is 12.3. The predicted octanol–water partition coefficient (Wildman–Crippen LogP) is 1.51. The monoisotopic (exact) mass is 265 g/mol. The number of carboxylic acid groups (broad SMARTS) is 1. The number of aliphatic hydroxyl groups is 1. The van der Waals surface area contributed by atoms with E-state index in [2.05, 4.69) is 0 Å². The zero-order valence-electron chi connectivity index (χ0n) is 8.97. The summed E-state index contributed by atoms with van der Waals surface area (Å²) in [5, 5.41) is 19.2.